The number of Topliss-reactive ketones (excluding diaryl/α,β-unsaturated/α-hetero) is 1. The number of halogens is 1. The number of ketones is 1. The van der Waals surface area contributed by atoms with Crippen LogP contribution in [0.2, 0.25) is 5.02 Å². The summed E-state index contributed by atoms with van der Waals surface area (Å²) in [5, 5.41) is 0.442. The van der Waals surface area contributed by atoms with Crippen LogP contribution in [0.25, 0.3) is 0 Å². The molecular formula is C25H28ClNO5. The van der Waals surface area contributed by atoms with E-state index < -0.39 is 11.8 Å². The van der Waals surface area contributed by atoms with Gasteiger partial charge in [0.2, 0.25) is 6.79 Å². The van der Waals surface area contributed by atoms with E-state index in [1.807, 2.05) is 6.92 Å². The monoisotopic (exact) mass is 457 g/mol. The van der Waals surface area contributed by atoms with Gasteiger partial charge in [0.1, 0.15) is 12.0 Å². The number of aliphatic imine (C=N–C) groups is 1. The molecular weight excluding hydrogens is 430 g/mol. The van der Waals surface area contributed by atoms with Crippen LogP contribution in [0.15, 0.2) is 28.4 Å². The summed E-state index contributed by atoms with van der Waals surface area (Å²) in [7, 11) is 0. The van der Waals surface area contributed by atoms with Crippen molar-refractivity contribution in [3.8, 4) is 11.5 Å². The highest BCUT2D eigenvalue weighted by Gasteiger charge is 2.47. The normalized spacial score (nSPS) is 26.8. The molecule has 0 spiro atoms. The van der Waals surface area contributed by atoms with Gasteiger partial charge in [-0.3, -0.25) is 14.6 Å². The Morgan fingerprint density at radius 2 is 1.84 bits per heavy atom. The molecule has 2 aliphatic heterocycles. The van der Waals surface area contributed by atoms with Crippen LogP contribution in [0.3, 0.4) is 0 Å². The highest BCUT2D eigenvalue weighted by atomic mass is 35.5. The second-order valence-corrected chi connectivity index (χ2v) is 10.5. The molecule has 32 heavy (non-hydrogen) atoms. The van der Waals surface area contributed by atoms with Gasteiger partial charge in [0, 0.05) is 40.4 Å². The SMILES string of the molecule is CC1=NC2=C(C(=O)CC(C)(C)C2)[C@H](c2cc3c(cc2Cl)OCO3)C1C(=O)OC1CCCC1. The minimum Gasteiger partial charge on any atom is -0.462 e. The number of carbonyl (C=O) groups is 2. The van der Waals surface area contributed by atoms with E-state index in [0.29, 0.717) is 46.2 Å². The molecule has 1 aromatic rings. The largest absolute Gasteiger partial charge is 0.462 e. The lowest BCUT2D eigenvalue weighted by atomic mass is 9.67. The number of benzene rings is 1. The molecule has 0 N–H and O–H groups in total. The highest BCUT2D eigenvalue weighted by Crippen LogP contribution is 2.51. The van der Waals surface area contributed by atoms with Crippen molar-refractivity contribution in [1.29, 1.82) is 0 Å². The maximum Gasteiger partial charge on any atom is 0.315 e. The molecule has 0 bridgehead atoms. The summed E-state index contributed by atoms with van der Waals surface area (Å²) in [6.07, 6.45) is 4.90. The number of hydrogen-bond donors (Lipinski definition) is 0. The first-order valence-corrected chi connectivity index (χ1v) is 11.7. The Bertz CT molecular complexity index is 1050. The molecule has 2 heterocycles. The van der Waals surface area contributed by atoms with E-state index >= 15 is 0 Å². The third-order valence-electron chi connectivity index (χ3n) is 6.97. The van der Waals surface area contributed by atoms with Gasteiger partial charge in [-0.1, -0.05) is 25.4 Å². The third-order valence-corrected chi connectivity index (χ3v) is 7.30. The highest BCUT2D eigenvalue weighted by molar-refractivity contribution is 6.32. The van der Waals surface area contributed by atoms with Gasteiger partial charge in [0.05, 0.1) is 0 Å². The van der Waals surface area contributed by atoms with Gasteiger partial charge in [-0.15, -0.1) is 0 Å². The molecule has 6 nitrogen and oxygen atoms in total. The predicted molar refractivity (Wildman–Crippen MR) is 120 cm³/mol. The zero-order chi connectivity index (χ0) is 22.6. The Morgan fingerprint density at radius 3 is 2.56 bits per heavy atom. The van der Waals surface area contributed by atoms with Gasteiger partial charge < -0.3 is 14.2 Å². The molecule has 0 amide bonds. The van der Waals surface area contributed by atoms with Gasteiger partial charge in [0.25, 0.3) is 0 Å². The zero-order valence-electron chi connectivity index (χ0n) is 18.7. The van der Waals surface area contributed by atoms with Crippen molar-refractivity contribution in [2.75, 3.05) is 6.79 Å². The van der Waals surface area contributed by atoms with Crippen LogP contribution >= 0.6 is 11.6 Å². The number of rotatable bonds is 3. The molecule has 2 aliphatic carbocycles. The first kappa shape index (κ1) is 21.5. The van der Waals surface area contributed by atoms with Crippen LogP contribution in [0.4, 0.5) is 0 Å². The molecule has 1 aromatic carbocycles. The fourth-order valence-corrected chi connectivity index (χ4v) is 5.77. The standard InChI is InChI=1S/C25H28ClNO5/c1-13-21(24(29)32-14-6-4-5-7-14)22(15-8-19-20(9-16(15)26)31-12-30-19)23-17(27-13)10-25(2,3)11-18(23)28/h8-9,14,21-22H,4-7,10-12H2,1-3H3/t21?,22-/m1/s1. The number of carbonyl (C=O) groups excluding carboxylic acids is 2. The third kappa shape index (κ3) is 3.72. The second kappa shape index (κ2) is 7.91. The minimum absolute atomic E-state index is 0.0184. The molecule has 1 unspecified atom stereocenters. The van der Waals surface area contributed by atoms with Crippen LogP contribution in [0.5, 0.6) is 11.5 Å². The predicted octanol–water partition coefficient (Wildman–Crippen LogP) is 5.37. The summed E-state index contributed by atoms with van der Waals surface area (Å²) in [5.74, 6) is -0.432. The first-order chi connectivity index (χ1) is 15.2. The number of hydrogen-bond acceptors (Lipinski definition) is 6. The quantitative estimate of drug-likeness (QED) is 0.570. The van der Waals surface area contributed by atoms with E-state index in [9.17, 15) is 9.59 Å². The van der Waals surface area contributed by atoms with Crippen molar-refractivity contribution < 1.29 is 23.8 Å². The lowest BCUT2D eigenvalue weighted by Crippen LogP contribution is -2.40. The van der Waals surface area contributed by atoms with Crippen molar-refractivity contribution in [2.45, 2.75) is 71.3 Å². The maximum absolute atomic E-state index is 13.5. The summed E-state index contributed by atoms with van der Waals surface area (Å²) in [6.45, 7) is 6.11. The lowest BCUT2D eigenvalue weighted by Gasteiger charge is -2.39. The lowest BCUT2D eigenvalue weighted by molar-refractivity contribution is -0.151. The molecule has 170 valence electrons. The summed E-state index contributed by atoms with van der Waals surface area (Å²) in [5.41, 5.74) is 2.51. The molecule has 4 aliphatic rings. The van der Waals surface area contributed by atoms with E-state index in [4.69, 9.17) is 30.8 Å². The van der Waals surface area contributed by atoms with Crippen molar-refractivity contribution in [2.24, 2.45) is 16.3 Å². The number of fused-ring (bicyclic) bond motifs is 1. The van der Waals surface area contributed by atoms with E-state index in [-0.39, 0.29) is 30.1 Å². The van der Waals surface area contributed by atoms with Gasteiger partial charge in [-0.2, -0.15) is 0 Å². The number of esters is 1. The van der Waals surface area contributed by atoms with E-state index in [0.717, 1.165) is 31.4 Å². The average molecular weight is 458 g/mol. The van der Waals surface area contributed by atoms with Crippen molar-refractivity contribution in [1.82, 2.24) is 0 Å². The summed E-state index contributed by atoms with van der Waals surface area (Å²) >= 11 is 6.70. The first-order valence-electron chi connectivity index (χ1n) is 11.3. The molecule has 7 heteroatoms. The second-order valence-electron chi connectivity index (χ2n) is 10.1. The van der Waals surface area contributed by atoms with Crippen LogP contribution in [-0.2, 0) is 14.3 Å². The van der Waals surface area contributed by atoms with Crippen LogP contribution in [0.1, 0.15) is 70.8 Å². The van der Waals surface area contributed by atoms with Crippen molar-refractivity contribution >= 4 is 29.1 Å². The minimum atomic E-state index is -0.697. The molecule has 1 fully saturated rings. The Labute approximate surface area is 193 Å². The van der Waals surface area contributed by atoms with Crippen LogP contribution in [-0.4, -0.2) is 30.4 Å². The van der Waals surface area contributed by atoms with Gasteiger partial charge in [0.15, 0.2) is 17.3 Å². The summed E-state index contributed by atoms with van der Waals surface area (Å²) in [4.78, 5) is 31.7. The fourth-order valence-electron chi connectivity index (χ4n) is 5.50. The van der Waals surface area contributed by atoms with E-state index in [2.05, 4.69) is 13.8 Å². The summed E-state index contributed by atoms with van der Waals surface area (Å²) in [6, 6.07) is 3.51. The van der Waals surface area contributed by atoms with Crippen molar-refractivity contribution in [3.63, 3.8) is 0 Å². The smallest absolute Gasteiger partial charge is 0.315 e. The van der Waals surface area contributed by atoms with E-state index in [1.54, 1.807) is 12.1 Å². The van der Waals surface area contributed by atoms with Crippen LogP contribution < -0.4 is 9.47 Å². The van der Waals surface area contributed by atoms with Gasteiger partial charge >= 0.3 is 5.97 Å². The van der Waals surface area contributed by atoms with Crippen LogP contribution in [0, 0.1) is 11.3 Å². The number of ether oxygens (including phenoxy) is 3. The van der Waals surface area contributed by atoms with Crippen molar-refractivity contribution in [3.05, 3.63) is 34.0 Å². The molecule has 5 rings (SSSR count). The Morgan fingerprint density at radius 1 is 1.16 bits per heavy atom. The van der Waals surface area contributed by atoms with E-state index in [1.165, 1.54) is 0 Å². The Balaban J connectivity index is 1.62. The van der Waals surface area contributed by atoms with Gasteiger partial charge in [-0.25, -0.2) is 0 Å². The fraction of sp³-hybridized carbons (Fsp3) is 0.560. The Kier molecular flexibility index (Phi) is 5.31. The number of allylic oxidation sites excluding steroid dienone is 2. The average Bonchev–Trinajstić information content (AvgIpc) is 3.36. The zero-order valence-corrected chi connectivity index (χ0v) is 19.5. The molecule has 0 saturated heterocycles. The number of nitrogens with zero attached hydrogens (tertiary/aromatic N) is 1. The Hall–Kier alpha value is -2.34. The topological polar surface area (TPSA) is 74.2 Å². The molecule has 0 radical (unpaired) electrons. The maximum atomic E-state index is 13.5. The molecule has 0 aromatic heterocycles. The molecule has 1 saturated carbocycles. The van der Waals surface area contributed by atoms with Gasteiger partial charge in [-0.05, 0) is 56.1 Å². The molecule has 2 atom stereocenters. The summed E-state index contributed by atoms with van der Waals surface area (Å²) < 4.78 is 17.0.